The molecule has 0 radical (unpaired) electrons. The Bertz CT molecular complexity index is 347. The van der Waals surface area contributed by atoms with Gasteiger partial charge in [0.25, 0.3) is 0 Å². The van der Waals surface area contributed by atoms with Crippen molar-refractivity contribution < 1.29 is 9.21 Å². The van der Waals surface area contributed by atoms with Crippen LogP contribution in [0.3, 0.4) is 0 Å². The van der Waals surface area contributed by atoms with Crippen LogP contribution in [-0.4, -0.2) is 16.9 Å². The van der Waals surface area contributed by atoms with Gasteiger partial charge in [0.1, 0.15) is 5.76 Å². The summed E-state index contributed by atoms with van der Waals surface area (Å²) in [5, 5.41) is 2.70. The predicted octanol–water partition coefficient (Wildman–Crippen LogP) is 0.836. The van der Waals surface area contributed by atoms with Crippen molar-refractivity contribution in [2.75, 3.05) is 0 Å². The van der Waals surface area contributed by atoms with E-state index in [0.29, 0.717) is 12.4 Å². The van der Waals surface area contributed by atoms with Gasteiger partial charge in [-0.2, -0.15) is 0 Å². The number of rotatable bonds is 5. The highest BCUT2D eigenvalue weighted by Crippen LogP contribution is 2.04. The third-order valence-corrected chi connectivity index (χ3v) is 2.38. The Morgan fingerprint density at radius 3 is 2.81 bits per heavy atom. The minimum Gasteiger partial charge on any atom is -0.444 e. The van der Waals surface area contributed by atoms with Crippen LogP contribution in [-0.2, 0) is 17.8 Å². The summed E-state index contributed by atoms with van der Waals surface area (Å²) in [5.74, 6) is 1.28. The van der Waals surface area contributed by atoms with Crippen LogP contribution in [0.4, 0.5) is 0 Å². The van der Waals surface area contributed by atoms with Gasteiger partial charge in [0, 0.05) is 6.42 Å². The second-order valence-electron chi connectivity index (χ2n) is 4.06. The van der Waals surface area contributed by atoms with Gasteiger partial charge in [-0.15, -0.1) is 0 Å². The maximum atomic E-state index is 11.5. The zero-order valence-electron chi connectivity index (χ0n) is 9.99. The van der Waals surface area contributed by atoms with Gasteiger partial charge in [-0.3, -0.25) is 4.79 Å². The number of nitrogens with one attached hydrogen (secondary N) is 1. The lowest BCUT2D eigenvalue weighted by Gasteiger charge is -2.14. The van der Waals surface area contributed by atoms with Crippen molar-refractivity contribution in [3.63, 3.8) is 0 Å². The Kier molecular flexibility index (Phi) is 4.49. The number of nitrogens with zero attached hydrogens (tertiary/aromatic N) is 1. The minimum absolute atomic E-state index is 0.121. The van der Waals surface area contributed by atoms with Gasteiger partial charge in [0.2, 0.25) is 11.8 Å². The summed E-state index contributed by atoms with van der Waals surface area (Å²) in [7, 11) is 0. The van der Waals surface area contributed by atoms with Crippen LogP contribution in [0.25, 0.3) is 0 Å². The normalized spacial score (nSPS) is 12.8. The molecule has 0 saturated heterocycles. The Balaban J connectivity index is 2.42. The first-order valence-electron chi connectivity index (χ1n) is 5.51. The first-order valence-corrected chi connectivity index (χ1v) is 5.51. The molecule has 5 nitrogen and oxygen atoms in total. The van der Waals surface area contributed by atoms with E-state index in [2.05, 4.69) is 10.3 Å². The lowest BCUT2D eigenvalue weighted by molar-refractivity contribution is -0.123. The van der Waals surface area contributed by atoms with Crippen LogP contribution in [0.1, 0.15) is 32.4 Å². The van der Waals surface area contributed by atoms with Gasteiger partial charge in [0.15, 0.2) is 0 Å². The van der Waals surface area contributed by atoms with Gasteiger partial charge in [0.05, 0.1) is 18.8 Å². The second-order valence-corrected chi connectivity index (χ2v) is 4.06. The Morgan fingerprint density at radius 2 is 2.31 bits per heavy atom. The summed E-state index contributed by atoms with van der Waals surface area (Å²) in [4.78, 5) is 15.6. The van der Waals surface area contributed by atoms with Crippen LogP contribution in [0, 0.1) is 5.92 Å². The van der Waals surface area contributed by atoms with Gasteiger partial charge < -0.3 is 15.5 Å². The van der Waals surface area contributed by atoms with E-state index in [9.17, 15) is 4.79 Å². The summed E-state index contributed by atoms with van der Waals surface area (Å²) in [6.07, 6.45) is 2.47. The van der Waals surface area contributed by atoms with Gasteiger partial charge in [-0.05, 0) is 5.92 Å². The monoisotopic (exact) mass is 225 g/mol. The third kappa shape index (κ3) is 3.34. The fourth-order valence-corrected chi connectivity index (χ4v) is 1.18. The molecule has 0 unspecified atom stereocenters. The van der Waals surface area contributed by atoms with Crippen molar-refractivity contribution in [2.45, 2.75) is 39.8 Å². The highest BCUT2D eigenvalue weighted by atomic mass is 16.4. The van der Waals surface area contributed by atoms with Crippen LogP contribution < -0.4 is 11.1 Å². The molecule has 0 aromatic carbocycles. The maximum absolute atomic E-state index is 11.5. The van der Waals surface area contributed by atoms with E-state index in [-0.39, 0.29) is 11.8 Å². The van der Waals surface area contributed by atoms with Crippen molar-refractivity contribution in [1.29, 1.82) is 0 Å². The van der Waals surface area contributed by atoms with Gasteiger partial charge >= 0.3 is 0 Å². The molecule has 0 spiro atoms. The predicted molar refractivity (Wildman–Crippen MR) is 60.5 cm³/mol. The van der Waals surface area contributed by atoms with Crippen LogP contribution in [0.15, 0.2) is 10.6 Å². The fourth-order valence-electron chi connectivity index (χ4n) is 1.18. The van der Waals surface area contributed by atoms with Gasteiger partial charge in [-0.25, -0.2) is 4.98 Å². The Morgan fingerprint density at radius 1 is 1.62 bits per heavy atom. The number of carbonyl (C=O) groups is 1. The van der Waals surface area contributed by atoms with Crippen molar-refractivity contribution in [1.82, 2.24) is 10.3 Å². The van der Waals surface area contributed by atoms with E-state index in [1.807, 2.05) is 20.8 Å². The third-order valence-electron chi connectivity index (χ3n) is 2.38. The van der Waals surface area contributed by atoms with E-state index < -0.39 is 6.04 Å². The van der Waals surface area contributed by atoms with Crippen molar-refractivity contribution in [3.05, 3.63) is 17.8 Å². The van der Waals surface area contributed by atoms with E-state index >= 15 is 0 Å². The SMILES string of the molecule is CCc1cnc(CNC(=O)[C@@H](N)C(C)C)o1. The molecule has 1 heterocycles. The van der Waals surface area contributed by atoms with Crippen molar-refractivity contribution in [2.24, 2.45) is 11.7 Å². The average molecular weight is 225 g/mol. The summed E-state index contributed by atoms with van der Waals surface area (Å²) in [6, 6.07) is -0.486. The molecule has 0 bridgehead atoms. The molecule has 0 aliphatic rings. The molecule has 16 heavy (non-hydrogen) atoms. The summed E-state index contributed by atoms with van der Waals surface area (Å²) >= 11 is 0. The number of hydrogen-bond donors (Lipinski definition) is 2. The molecule has 0 aliphatic carbocycles. The molecule has 1 aromatic heterocycles. The first kappa shape index (κ1) is 12.7. The average Bonchev–Trinajstić information content (AvgIpc) is 2.72. The number of carbonyl (C=O) groups excluding carboxylic acids is 1. The second kappa shape index (κ2) is 5.65. The summed E-state index contributed by atoms with van der Waals surface area (Å²) in [5.41, 5.74) is 5.69. The number of nitrogens with two attached hydrogens (primary N) is 1. The Hall–Kier alpha value is -1.36. The molecule has 1 rings (SSSR count). The van der Waals surface area contributed by atoms with E-state index in [1.54, 1.807) is 6.20 Å². The zero-order valence-corrected chi connectivity index (χ0v) is 9.99. The van der Waals surface area contributed by atoms with Crippen molar-refractivity contribution >= 4 is 5.91 Å². The lowest BCUT2D eigenvalue weighted by Crippen LogP contribution is -2.43. The van der Waals surface area contributed by atoms with Crippen LogP contribution in [0.2, 0.25) is 0 Å². The molecule has 0 aliphatic heterocycles. The summed E-state index contributed by atoms with van der Waals surface area (Å²) < 4.78 is 5.36. The maximum Gasteiger partial charge on any atom is 0.237 e. The van der Waals surface area contributed by atoms with Crippen molar-refractivity contribution in [3.8, 4) is 0 Å². The molecule has 3 N–H and O–H groups in total. The first-order chi connectivity index (χ1) is 7.54. The zero-order chi connectivity index (χ0) is 12.1. The number of aryl methyl sites for hydroxylation is 1. The Labute approximate surface area is 95.4 Å². The van der Waals surface area contributed by atoms with E-state index in [0.717, 1.165) is 12.2 Å². The molecular formula is C11H19N3O2. The number of amides is 1. The molecule has 90 valence electrons. The molecule has 0 saturated carbocycles. The van der Waals surface area contributed by atoms with Crippen LogP contribution >= 0.6 is 0 Å². The highest BCUT2D eigenvalue weighted by molar-refractivity contribution is 5.81. The molecule has 1 amide bonds. The standard InChI is InChI=1S/C11H19N3O2/c1-4-8-5-13-9(16-8)6-14-11(15)10(12)7(2)3/h5,7,10H,4,6,12H2,1-3H3,(H,14,15)/t10-/m0/s1. The smallest absolute Gasteiger partial charge is 0.237 e. The van der Waals surface area contributed by atoms with E-state index in [4.69, 9.17) is 10.2 Å². The minimum atomic E-state index is -0.486. The van der Waals surface area contributed by atoms with Crippen LogP contribution in [0.5, 0.6) is 0 Å². The largest absolute Gasteiger partial charge is 0.444 e. The quantitative estimate of drug-likeness (QED) is 0.778. The molecule has 1 aromatic rings. The molecule has 0 fully saturated rings. The topological polar surface area (TPSA) is 81.2 Å². The molecular weight excluding hydrogens is 206 g/mol. The molecule has 5 heteroatoms. The van der Waals surface area contributed by atoms with Gasteiger partial charge in [-0.1, -0.05) is 20.8 Å². The lowest BCUT2D eigenvalue weighted by atomic mass is 10.1. The van der Waals surface area contributed by atoms with E-state index in [1.165, 1.54) is 0 Å². The number of hydrogen-bond acceptors (Lipinski definition) is 4. The number of oxazole rings is 1. The highest BCUT2D eigenvalue weighted by Gasteiger charge is 2.17. The number of aromatic nitrogens is 1. The molecule has 1 atom stereocenters. The summed E-state index contributed by atoms with van der Waals surface area (Å²) in [6.45, 7) is 6.09. The fraction of sp³-hybridized carbons (Fsp3) is 0.636.